The maximum Gasteiger partial charge on any atom is 0.195 e. The first-order valence-electron chi connectivity index (χ1n) is 12.6. The average molecular weight is 490 g/mol. The average Bonchev–Trinajstić information content (AvgIpc) is 3.16. The molecule has 0 aliphatic carbocycles. The van der Waals surface area contributed by atoms with Crippen LogP contribution >= 0.6 is 11.3 Å². The molecule has 0 aliphatic rings. The molecule has 0 unspecified atom stereocenters. The zero-order valence-corrected chi connectivity index (χ0v) is 22.6. The highest BCUT2D eigenvalue weighted by molar-refractivity contribution is 7.24. The maximum absolute atomic E-state index is 13.4. The molecule has 6 aromatic rings. The van der Waals surface area contributed by atoms with Crippen LogP contribution in [0.25, 0.3) is 47.7 Å². The largest absolute Gasteiger partial charge is 0.309 e. The Morgan fingerprint density at radius 2 is 1.14 bits per heavy atom. The summed E-state index contributed by atoms with van der Waals surface area (Å²) in [5, 5.41) is 4.09. The fraction of sp³-hybridized carbons (Fsp3) is 0.242. The first-order chi connectivity index (χ1) is 17.0. The van der Waals surface area contributed by atoms with E-state index < -0.39 is 0 Å². The van der Waals surface area contributed by atoms with E-state index in [9.17, 15) is 4.79 Å². The molecule has 2 aromatic heterocycles. The Morgan fingerprint density at radius 3 is 1.72 bits per heavy atom. The van der Waals surface area contributed by atoms with E-state index in [1.807, 2.05) is 24.3 Å². The minimum atomic E-state index is 0.0626. The molecular formula is C33H31NOS. The maximum atomic E-state index is 13.4. The van der Waals surface area contributed by atoms with Crippen molar-refractivity contribution in [2.45, 2.75) is 52.4 Å². The lowest BCUT2D eigenvalue weighted by Crippen LogP contribution is -2.10. The lowest BCUT2D eigenvalue weighted by atomic mass is 9.85. The summed E-state index contributed by atoms with van der Waals surface area (Å²) in [6.07, 6.45) is 0. The molecule has 0 saturated carbocycles. The van der Waals surface area contributed by atoms with Crippen LogP contribution in [0.1, 0.15) is 52.7 Å². The fourth-order valence-electron chi connectivity index (χ4n) is 5.16. The summed E-state index contributed by atoms with van der Waals surface area (Å²) in [5.41, 5.74) is 6.23. The number of nitrogens with zero attached hydrogens (tertiary/aromatic N) is 1. The molecule has 3 heteroatoms. The van der Waals surface area contributed by atoms with E-state index in [4.69, 9.17) is 0 Å². The number of fused-ring (bicyclic) bond motifs is 5. The van der Waals surface area contributed by atoms with Gasteiger partial charge in [-0.3, -0.25) is 4.79 Å². The fourth-order valence-corrected chi connectivity index (χ4v) is 6.22. The highest BCUT2D eigenvalue weighted by Crippen LogP contribution is 2.38. The highest BCUT2D eigenvalue weighted by atomic mass is 32.1. The second-order valence-corrected chi connectivity index (χ2v) is 13.0. The van der Waals surface area contributed by atoms with E-state index in [2.05, 4.69) is 101 Å². The Morgan fingerprint density at radius 1 is 0.583 bits per heavy atom. The monoisotopic (exact) mass is 489 g/mol. The van der Waals surface area contributed by atoms with Crippen LogP contribution in [0.4, 0.5) is 0 Å². The number of benzene rings is 4. The van der Waals surface area contributed by atoms with Gasteiger partial charge < -0.3 is 4.57 Å². The van der Waals surface area contributed by atoms with Crippen LogP contribution in [0, 0.1) is 0 Å². The minimum Gasteiger partial charge on any atom is -0.309 e. The smallest absolute Gasteiger partial charge is 0.195 e. The van der Waals surface area contributed by atoms with Crippen LogP contribution in [-0.4, -0.2) is 4.57 Å². The lowest BCUT2D eigenvalue weighted by molar-refractivity contribution is 0.590. The van der Waals surface area contributed by atoms with Crippen molar-refractivity contribution in [3.05, 3.63) is 100 Å². The van der Waals surface area contributed by atoms with Gasteiger partial charge in [-0.15, -0.1) is 11.3 Å². The summed E-state index contributed by atoms with van der Waals surface area (Å²) in [6.45, 7) is 13.6. The molecule has 0 radical (unpaired) electrons. The predicted octanol–water partition coefficient (Wildman–Crippen LogP) is 9.11. The van der Waals surface area contributed by atoms with Crippen LogP contribution in [0.15, 0.2) is 83.7 Å². The van der Waals surface area contributed by atoms with Crippen molar-refractivity contribution in [2.75, 3.05) is 0 Å². The summed E-state index contributed by atoms with van der Waals surface area (Å²) >= 11 is 1.68. The van der Waals surface area contributed by atoms with E-state index >= 15 is 0 Å². The molecule has 0 spiro atoms. The van der Waals surface area contributed by atoms with Crippen LogP contribution in [0.5, 0.6) is 0 Å². The van der Waals surface area contributed by atoms with Gasteiger partial charge in [0.2, 0.25) is 0 Å². The van der Waals surface area contributed by atoms with Crippen molar-refractivity contribution in [1.29, 1.82) is 0 Å². The molecule has 4 aromatic carbocycles. The minimum absolute atomic E-state index is 0.0626. The van der Waals surface area contributed by atoms with Crippen molar-refractivity contribution in [3.63, 3.8) is 0 Å². The zero-order valence-electron chi connectivity index (χ0n) is 21.8. The van der Waals surface area contributed by atoms with Gasteiger partial charge in [0.25, 0.3) is 0 Å². The van der Waals surface area contributed by atoms with Crippen LogP contribution in [0.2, 0.25) is 0 Å². The third-order valence-corrected chi connectivity index (χ3v) is 8.47. The van der Waals surface area contributed by atoms with Crippen LogP contribution in [0.3, 0.4) is 0 Å². The lowest BCUT2D eigenvalue weighted by Gasteiger charge is -2.19. The van der Waals surface area contributed by atoms with E-state index in [1.54, 1.807) is 11.3 Å². The van der Waals surface area contributed by atoms with E-state index in [0.717, 1.165) is 25.9 Å². The van der Waals surface area contributed by atoms with Gasteiger partial charge >= 0.3 is 0 Å². The molecule has 6 rings (SSSR count). The van der Waals surface area contributed by atoms with Crippen molar-refractivity contribution in [1.82, 2.24) is 4.57 Å². The predicted molar refractivity (Wildman–Crippen MR) is 157 cm³/mol. The van der Waals surface area contributed by atoms with Crippen molar-refractivity contribution >= 4 is 53.3 Å². The second-order valence-electron chi connectivity index (χ2n) is 11.9. The van der Waals surface area contributed by atoms with Gasteiger partial charge in [-0.1, -0.05) is 65.8 Å². The van der Waals surface area contributed by atoms with Gasteiger partial charge in [-0.25, -0.2) is 0 Å². The van der Waals surface area contributed by atoms with E-state index in [-0.39, 0.29) is 16.3 Å². The molecule has 0 N–H and O–H groups in total. The summed E-state index contributed by atoms with van der Waals surface area (Å²) < 4.78 is 4.37. The molecule has 36 heavy (non-hydrogen) atoms. The third-order valence-electron chi connectivity index (χ3n) is 7.31. The SMILES string of the molecule is CC(C)(C)c1ccc2c(c1)c1cc(C(C)(C)C)ccc1n2-c1ccc2sc3ccccc3c(=O)c2c1. The molecule has 2 nitrogen and oxygen atoms in total. The normalized spacial score (nSPS) is 12.8. The van der Waals surface area contributed by atoms with Gasteiger partial charge in [0.05, 0.1) is 11.0 Å². The van der Waals surface area contributed by atoms with Crippen LogP contribution < -0.4 is 5.43 Å². The van der Waals surface area contributed by atoms with Crippen molar-refractivity contribution in [3.8, 4) is 5.69 Å². The van der Waals surface area contributed by atoms with Gasteiger partial charge in [-0.05, 0) is 76.6 Å². The van der Waals surface area contributed by atoms with Gasteiger partial charge in [0.1, 0.15) is 0 Å². The summed E-state index contributed by atoms with van der Waals surface area (Å²) in [5.74, 6) is 0. The van der Waals surface area contributed by atoms with E-state index in [0.29, 0.717) is 0 Å². The molecular weight excluding hydrogens is 458 g/mol. The van der Waals surface area contributed by atoms with E-state index in [1.165, 1.54) is 32.9 Å². The first-order valence-corrected chi connectivity index (χ1v) is 13.4. The standard InChI is InChI=1S/C33H31NOS/c1-32(2,3)20-11-14-27-24(17-20)25-18-21(33(4,5)6)12-15-28(25)34(27)22-13-16-30-26(19-22)31(35)23-9-7-8-10-29(23)36-30/h7-19H,1-6H3. The van der Waals surface area contributed by atoms with Gasteiger partial charge in [-0.2, -0.15) is 0 Å². The first kappa shape index (κ1) is 23.0. The molecule has 0 aliphatic heterocycles. The molecule has 0 bridgehead atoms. The third kappa shape index (κ3) is 3.57. The number of hydrogen-bond donors (Lipinski definition) is 0. The van der Waals surface area contributed by atoms with Crippen molar-refractivity contribution < 1.29 is 0 Å². The van der Waals surface area contributed by atoms with Gasteiger partial charge in [0.15, 0.2) is 5.43 Å². The topological polar surface area (TPSA) is 22.0 Å². The van der Waals surface area contributed by atoms with Crippen LogP contribution in [-0.2, 0) is 10.8 Å². The summed E-state index contributed by atoms with van der Waals surface area (Å²) in [6, 6.07) is 27.9. The zero-order chi connectivity index (χ0) is 25.4. The summed E-state index contributed by atoms with van der Waals surface area (Å²) in [4.78, 5) is 13.4. The molecule has 0 atom stereocenters. The number of hydrogen-bond acceptors (Lipinski definition) is 2. The van der Waals surface area contributed by atoms with Crippen molar-refractivity contribution in [2.24, 2.45) is 0 Å². The van der Waals surface area contributed by atoms with Gasteiger partial charge in [0, 0.05) is 36.6 Å². The number of rotatable bonds is 1. The Balaban J connectivity index is 1.70. The second kappa shape index (κ2) is 7.78. The molecule has 2 heterocycles. The molecule has 0 fully saturated rings. The highest BCUT2D eigenvalue weighted by Gasteiger charge is 2.21. The molecule has 180 valence electrons. The Hall–Kier alpha value is -3.43. The summed E-state index contributed by atoms with van der Waals surface area (Å²) in [7, 11) is 0. The quantitative estimate of drug-likeness (QED) is 0.211. The molecule has 0 amide bonds. The Kier molecular flexibility index (Phi) is 4.97. The Labute approximate surface area is 215 Å². The molecule has 0 saturated heterocycles. The Bertz CT molecular complexity index is 1800. The number of aromatic nitrogens is 1.